The molecule has 2 saturated heterocycles. The maximum atomic E-state index is 5.98. The molecule has 2 aliphatic rings. The van der Waals surface area contributed by atoms with E-state index in [1.54, 1.807) is 12.5 Å². The van der Waals surface area contributed by atoms with Crippen molar-refractivity contribution in [2.24, 2.45) is 0 Å². The van der Waals surface area contributed by atoms with Gasteiger partial charge in [-0.15, -0.1) is 0 Å². The summed E-state index contributed by atoms with van der Waals surface area (Å²) in [5.41, 5.74) is 1.03. The molecule has 2 unspecified atom stereocenters. The Hall–Kier alpha value is -1.33. The molecular formula is C14H17ClN4O. The van der Waals surface area contributed by atoms with Crippen molar-refractivity contribution in [3.05, 3.63) is 35.8 Å². The molecule has 0 radical (unpaired) electrons. The lowest BCUT2D eigenvalue weighted by Crippen LogP contribution is -2.43. The third-order valence-electron chi connectivity index (χ3n) is 4.63. The van der Waals surface area contributed by atoms with E-state index in [1.807, 2.05) is 10.9 Å². The summed E-state index contributed by atoms with van der Waals surface area (Å²) < 4.78 is 7.12. The van der Waals surface area contributed by atoms with Crippen LogP contribution >= 0.6 is 11.6 Å². The summed E-state index contributed by atoms with van der Waals surface area (Å²) in [5.74, 6) is 0. The van der Waals surface area contributed by atoms with Gasteiger partial charge in [0.05, 0.1) is 23.0 Å². The van der Waals surface area contributed by atoms with Gasteiger partial charge in [0.15, 0.2) is 6.39 Å². The van der Waals surface area contributed by atoms with Crippen LogP contribution in [0.5, 0.6) is 0 Å². The summed E-state index contributed by atoms with van der Waals surface area (Å²) >= 11 is 5.98. The first kappa shape index (κ1) is 12.4. The molecule has 0 N–H and O–H groups in total. The molecule has 5 nitrogen and oxygen atoms in total. The van der Waals surface area contributed by atoms with E-state index in [9.17, 15) is 0 Å². The summed E-state index contributed by atoms with van der Waals surface area (Å²) in [6, 6.07) is 1.73. The van der Waals surface area contributed by atoms with Crippen molar-refractivity contribution in [2.45, 2.75) is 50.4 Å². The molecule has 106 valence electrons. The van der Waals surface area contributed by atoms with E-state index in [2.05, 4.69) is 15.0 Å². The number of aromatic nitrogens is 3. The highest BCUT2D eigenvalue weighted by Gasteiger charge is 2.41. The molecule has 2 aliphatic heterocycles. The molecule has 4 rings (SSSR count). The van der Waals surface area contributed by atoms with E-state index in [0.717, 1.165) is 30.1 Å². The number of nitrogens with zero attached hydrogens (tertiary/aromatic N) is 4. The highest BCUT2D eigenvalue weighted by molar-refractivity contribution is 6.30. The van der Waals surface area contributed by atoms with Gasteiger partial charge in [0.25, 0.3) is 0 Å². The Morgan fingerprint density at radius 1 is 1.25 bits per heavy atom. The van der Waals surface area contributed by atoms with Gasteiger partial charge in [0.1, 0.15) is 6.26 Å². The largest absolute Gasteiger partial charge is 0.451 e. The van der Waals surface area contributed by atoms with Crippen LogP contribution in [-0.4, -0.2) is 31.7 Å². The van der Waals surface area contributed by atoms with E-state index in [-0.39, 0.29) is 0 Å². The second-order valence-electron chi connectivity index (χ2n) is 5.80. The van der Waals surface area contributed by atoms with Crippen molar-refractivity contribution in [3.8, 4) is 0 Å². The highest BCUT2D eigenvalue weighted by atomic mass is 35.5. The number of rotatable bonds is 3. The lowest BCUT2D eigenvalue weighted by molar-refractivity contribution is 0.0938. The van der Waals surface area contributed by atoms with E-state index < -0.39 is 0 Å². The van der Waals surface area contributed by atoms with Crippen LogP contribution in [0.25, 0.3) is 0 Å². The number of hydrogen-bond donors (Lipinski definition) is 0. The molecule has 0 spiro atoms. The van der Waals surface area contributed by atoms with Gasteiger partial charge in [-0.25, -0.2) is 4.98 Å². The molecule has 0 amide bonds. The Labute approximate surface area is 122 Å². The second-order valence-corrected chi connectivity index (χ2v) is 6.24. The summed E-state index contributed by atoms with van der Waals surface area (Å²) in [6.07, 6.45) is 11.8. The number of fused-ring (bicyclic) bond motifs is 2. The Kier molecular flexibility index (Phi) is 3.04. The molecule has 6 heteroatoms. The molecule has 20 heavy (non-hydrogen) atoms. The fourth-order valence-electron chi connectivity index (χ4n) is 3.74. The van der Waals surface area contributed by atoms with Crippen molar-refractivity contribution in [1.29, 1.82) is 0 Å². The van der Waals surface area contributed by atoms with Crippen molar-refractivity contribution >= 4 is 11.6 Å². The zero-order valence-electron chi connectivity index (χ0n) is 11.2. The van der Waals surface area contributed by atoms with Gasteiger partial charge in [-0.05, 0) is 25.7 Å². The number of oxazole rings is 1. The fourth-order valence-corrected chi connectivity index (χ4v) is 3.88. The minimum absolute atomic E-state index is 0.480. The van der Waals surface area contributed by atoms with Crippen LogP contribution in [0.15, 0.2) is 29.5 Å². The van der Waals surface area contributed by atoms with Crippen LogP contribution in [-0.2, 0) is 6.54 Å². The van der Waals surface area contributed by atoms with Gasteiger partial charge >= 0.3 is 0 Å². The normalized spacial score (nSPS) is 29.9. The van der Waals surface area contributed by atoms with Crippen molar-refractivity contribution < 1.29 is 4.42 Å². The number of piperidine rings is 1. The molecule has 4 heterocycles. The van der Waals surface area contributed by atoms with E-state index in [0.29, 0.717) is 18.1 Å². The maximum Gasteiger partial charge on any atom is 0.180 e. The molecule has 2 bridgehead atoms. The van der Waals surface area contributed by atoms with Gasteiger partial charge in [0, 0.05) is 24.8 Å². The molecular weight excluding hydrogens is 276 g/mol. The minimum atomic E-state index is 0.480. The topological polar surface area (TPSA) is 47.1 Å². The summed E-state index contributed by atoms with van der Waals surface area (Å²) in [6.45, 7) is 0.901. The predicted octanol–water partition coefficient (Wildman–Crippen LogP) is 2.89. The standard InChI is InChI=1S/C14H17ClN4O/c15-10-5-17-19(6-10)14-3-12-1-2-13(4-14)18(12)7-11-8-20-9-16-11/h5-6,8-9,12-14H,1-4,7H2. The fraction of sp³-hybridized carbons (Fsp3) is 0.571. The monoisotopic (exact) mass is 292 g/mol. The second kappa shape index (κ2) is 4.90. The molecule has 0 aliphatic carbocycles. The highest BCUT2D eigenvalue weighted by Crippen LogP contribution is 2.41. The van der Waals surface area contributed by atoms with Crippen LogP contribution in [0.1, 0.15) is 37.4 Å². The van der Waals surface area contributed by atoms with E-state index in [1.165, 1.54) is 19.2 Å². The first-order chi connectivity index (χ1) is 9.79. The van der Waals surface area contributed by atoms with Crippen molar-refractivity contribution in [3.63, 3.8) is 0 Å². The molecule has 0 aromatic carbocycles. The van der Waals surface area contributed by atoms with Crippen molar-refractivity contribution in [2.75, 3.05) is 0 Å². The average Bonchev–Trinajstić information content (AvgIpc) is 3.13. The summed E-state index contributed by atoms with van der Waals surface area (Å²) in [4.78, 5) is 6.83. The van der Waals surface area contributed by atoms with Crippen LogP contribution < -0.4 is 0 Å². The Morgan fingerprint density at radius 2 is 2.05 bits per heavy atom. The third-order valence-corrected chi connectivity index (χ3v) is 4.83. The zero-order valence-corrected chi connectivity index (χ0v) is 11.9. The van der Waals surface area contributed by atoms with Gasteiger partial charge in [-0.2, -0.15) is 5.10 Å². The van der Waals surface area contributed by atoms with Gasteiger partial charge < -0.3 is 4.42 Å². The zero-order chi connectivity index (χ0) is 13.5. The summed E-state index contributed by atoms with van der Waals surface area (Å²) in [5, 5.41) is 5.10. The molecule has 2 aromatic heterocycles. The van der Waals surface area contributed by atoms with E-state index in [4.69, 9.17) is 16.0 Å². The average molecular weight is 293 g/mol. The molecule has 2 atom stereocenters. The van der Waals surface area contributed by atoms with Gasteiger partial charge in [-0.3, -0.25) is 9.58 Å². The smallest absolute Gasteiger partial charge is 0.180 e. The first-order valence-corrected chi connectivity index (χ1v) is 7.50. The van der Waals surface area contributed by atoms with Crippen LogP contribution in [0, 0.1) is 0 Å². The Balaban J connectivity index is 1.49. The van der Waals surface area contributed by atoms with E-state index >= 15 is 0 Å². The lowest BCUT2D eigenvalue weighted by Gasteiger charge is -2.38. The Morgan fingerprint density at radius 3 is 2.65 bits per heavy atom. The Bertz CT molecular complexity index is 568. The lowest BCUT2D eigenvalue weighted by atomic mass is 9.97. The molecule has 0 saturated carbocycles. The third kappa shape index (κ3) is 2.15. The quantitative estimate of drug-likeness (QED) is 0.873. The van der Waals surface area contributed by atoms with Crippen LogP contribution in [0.2, 0.25) is 5.02 Å². The van der Waals surface area contributed by atoms with Crippen LogP contribution in [0.4, 0.5) is 0 Å². The SMILES string of the molecule is Clc1cnn(C2CC3CCC(C2)N3Cc2cocn2)c1. The van der Waals surface area contributed by atoms with Gasteiger partial charge in [-0.1, -0.05) is 11.6 Å². The summed E-state index contributed by atoms with van der Waals surface area (Å²) in [7, 11) is 0. The molecule has 2 aromatic rings. The number of halogens is 1. The number of hydrogen-bond acceptors (Lipinski definition) is 4. The molecule has 2 fully saturated rings. The van der Waals surface area contributed by atoms with Gasteiger partial charge in [0.2, 0.25) is 0 Å². The van der Waals surface area contributed by atoms with Crippen molar-refractivity contribution in [1.82, 2.24) is 19.7 Å². The maximum absolute atomic E-state index is 5.98. The minimum Gasteiger partial charge on any atom is -0.451 e. The predicted molar refractivity (Wildman–Crippen MR) is 74.4 cm³/mol. The van der Waals surface area contributed by atoms with Crippen LogP contribution in [0.3, 0.4) is 0 Å². The first-order valence-electron chi connectivity index (χ1n) is 7.12.